The third-order valence-electron chi connectivity index (χ3n) is 4.42. The number of rotatable bonds is 13. The maximum absolute atomic E-state index is 12.9. The zero-order chi connectivity index (χ0) is 19.4. The van der Waals surface area contributed by atoms with Gasteiger partial charge in [0.15, 0.2) is 0 Å². The summed E-state index contributed by atoms with van der Waals surface area (Å²) in [6.45, 7) is 3.79. The topological polar surface area (TPSA) is 86.7 Å². The van der Waals surface area contributed by atoms with Gasteiger partial charge in [-0.05, 0) is 25.0 Å². The molecular formula is C19H32N2O4S. The van der Waals surface area contributed by atoms with Crippen molar-refractivity contribution in [3.05, 3.63) is 29.8 Å². The molecule has 0 saturated heterocycles. The molecule has 2 N–H and O–H groups in total. The van der Waals surface area contributed by atoms with Crippen LogP contribution in [0.2, 0.25) is 0 Å². The molecule has 1 aromatic rings. The molecule has 0 fully saturated rings. The number of nitrogens with one attached hydrogen (secondary N) is 1. The van der Waals surface area contributed by atoms with Gasteiger partial charge < -0.3 is 0 Å². The molecule has 0 aliphatic rings. The van der Waals surface area contributed by atoms with Crippen molar-refractivity contribution in [2.24, 2.45) is 0 Å². The fourth-order valence-corrected chi connectivity index (χ4v) is 4.55. The highest BCUT2D eigenvalue weighted by molar-refractivity contribution is 7.89. The van der Waals surface area contributed by atoms with Crippen LogP contribution < -0.4 is 5.48 Å². The molecule has 0 radical (unpaired) electrons. The van der Waals surface area contributed by atoms with Crippen molar-refractivity contribution in [3.63, 3.8) is 0 Å². The number of hydrogen-bond donors (Lipinski definition) is 2. The van der Waals surface area contributed by atoms with E-state index in [-0.39, 0.29) is 18.0 Å². The molecule has 0 unspecified atom stereocenters. The average molecular weight is 385 g/mol. The predicted octanol–water partition coefficient (Wildman–Crippen LogP) is 3.63. The molecule has 0 saturated carbocycles. The summed E-state index contributed by atoms with van der Waals surface area (Å²) in [5.74, 6) is -0.735. The number of benzene rings is 1. The summed E-state index contributed by atoms with van der Waals surface area (Å²) in [5, 5.41) is 8.77. The van der Waals surface area contributed by atoms with Gasteiger partial charge >= 0.3 is 0 Å². The van der Waals surface area contributed by atoms with E-state index in [0.29, 0.717) is 12.0 Å². The van der Waals surface area contributed by atoms with E-state index in [4.69, 9.17) is 5.21 Å². The minimum Gasteiger partial charge on any atom is -0.289 e. The molecule has 0 aliphatic heterocycles. The summed E-state index contributed by atoms with van der Waals surface area (Å²) >= 11 is 0. The smallest absolute Gasteiger partial charge is 0.258 e. The number of aryl methyl sites for hydroxylation is 1. The third-order valence-corrected chi connectivity index (χ3v) is 6.42. The number of nitrogens with zero attached hydrogens (tertiary/aromatic N) is 1. The molecule has 0 heterocycles. The van der Waals surface area contributed by atoms with Crippen molar-refractivity contribution in [1.29, 1.82) is 0 Å². The van der Waals surface area contributed by atoms with Crippen LogP contribution in [0.1, 0.15) is 63.9 Å². The lowest BCUT2D eigenvalue weighted by atomic mass is 10.1. The number of unbranched alkanes of at least 4 members (excludes halogenated alkanes) is 7. The van der Waals surface area contributed by atoms with Gasteiger partial charge in [0.05, 0.1) is 11.4 Å². The van der Waals surface area contributed by atoms with Gasteiger partial charge in [0.2, 0.25) is 10.0 Å². The van der Waals surface area contributed by atoms with E-state index in [1.54, 1.807) is 31.2 Å². The van der Waals surface area contributed by atoms with Crippen molar-refractivity contribution in [2.45, 2.75) is 70.1 Å². The Labute approximate surface area is 157 Å². The SMILES string of the molecule is CCCCCCCCCCN(CC(=O)NO)S(=O)(=O)c1ccccc1C. The van der Waals surface area contributed by atoms with Crippen LogP contribution in [0.3, 0.4) is 0 Å². The van der Waals surface area contributed by atoms with Gasteiger partial charge in [-0.3, -0.25) is 10.0 Å². The lowest BCUT2D eigenvalue weighted by Crippen LogP contribution is -2.40. The van der Waals surface area contributed by atoms with E-state index in [1.807, 2.05) is 0 Å². The zero-order valence-electron chi connectivity index (χ0n) is 15.9. The van der Waals surface area contributed by atoms with Crippen LogP contribution in [-0.4, -0.2) is 36.9 Å². The molecular weight excluding hydrogens is 352 g/mol. The first-order valence-electron chi connectivity index (χ1n) is 9.42. The maximum atomic E-state index is 12.9. The third kappa shape index (κ3) is 7.43. The number of carbonyl (C=O) groups is 1. The molecule has 0 aromatic heterocycles. The molecule has 148 valence electrons. The van der Waals surface area contributed by atoms with Crippen LogP contribution in [-0.2, 0) is 14.8 Å². The van der Waals surface area contributed by atoms with Gasteiger partial charge in [0.25, 0.3) is 5.91 Å². The van der Waals surface area contributed by atoms with E-state index in [1.165, 1.54) is 31.2 Å². The van der Waals surface area contributed by atoms with Crippen LogP contribution in [0.5, 0.6) is 0 Å². The molecule has 0 atom stereocenters. The number of sulfonamides is 1. The second-order valence-corrected chi connectivity index (χ2v) is 8.52. The Hall–Kier alpha value is -1.44. The summed E-state index contributed by atoms with van der Waals surface area (Å²) in [7, 11) is -3.78. The fourth-order valence-electron chi connectivity index (χ4n) is 2.89. The number of amides is 1. The van der Waals surface area contributed by atoms with E-state index in [2.05, 4.69) is 6.92 Å². The van der Waals surface area contributed by atoms with Crippen molar-refractivity contribution in [1.82, 2.24) is 9.79 Å². The first-order valence-corrected chi connectivity index (χ1v) is 10.9. The molecule has 0 spiro atoms. The van der Waals surface area contributed by atoms with E-state index in [9.17, 15) is 13.2 Å². The molecule has 1 aromatic carbocycles. The zero-order valence-corrected chi connectivity index (χ0v) is 16.7. The Morgan fingerprint density at radius 2 is 1.62 bits per heavy atom. The number of hydroxylamine groups is 1. The predicted molar refractivity (Wildman–Crippen MR) is 102 cm³/mol. The Morgan fingerprint density at radius 3 is 2.19 bits per heavy atom. The minimum atomic E-state index is -3.78. The molecule has 0 bridgehead atoms. The van der Waals surface area contributed by atoms with Gasteiger partial charge in [-0.2, -0.15) is 4.31 Å². The highest BCUT2D eigenvalue weighted by atomic mass is 32.2. The molecule has 0 aliphatic carbocycles. The van der Waals surface area contributed by atoms with Gasteiger partial charge in [0.1, 0.15) is 0 Å². The highest BCUT2D eigenvalue weighted by Crippen LogP contribution is 2.20. The molecule has 26 heavy (non-hydrogen) atoms. The molecule has 7 heteroatoms. The number of carbonyl (C=O) groups excluding carboxylic acids is 1. The van der Waals surface area contributed by atoms with Crippen molar-refractivity contribution in [2.75, 3.05) is 13.1 Å². The first kappa shape index (κ1) is 22.6. The van der Waals surface area contributed by atoms with Crippen LogP contribution in [0.15, 0.2) is 29.2 Å². The standard InChI is InChI=1S/C19H32N2O4S/c1-3-4-5-6-7-8-9-12-15-21(16-19(22)20-23)26(24,25)18-14-11-10-13-17(18)2/h10-11,13-14,23H,3-9,12,15-16H2,1-2H3,(H,20,22). The lowest BCUT2D eigenvalue weighted by Gasteiger charge is -2.22. The normalized spacial score (nSPS) is 11.7. The monoisotopic (exact) mass is 384 g/mol. The first-order chi connectivity index (χ1) is 12.4. The summed E-state index contributed by atoms with van der Waals surface area (Å²) in [4.78, 5) is 11.8. The second kappa shape index (κ2) is 12.0. The van der Waals surface area contributed by atoms with Gasteiger partial charge in [-0.15, -0.1) is 0 Å². The Balaban J connectivity index is 2.65. The van der Waals surface area contributed by atoms with Gasteiger partial charge in [0, 0.05) is 6.54 Å². The van der Waals surface area contributed by atoms with Crippen LogP contribution in [0.25, 0.3) is 0 Å². The van der Waals surface area contributed by atoms with Crippen LogP contribution >= 0.6 is 0 Å². The second-order valence-electron chi connectivity index (χ2n) is 6.61. The maximum Gasteiger partial charge on any atom is 0.258 e. The Bertz CT molecular complexity index is 647. The van der Waals surface area contributed by atoms with Crippen molar-refractivity contribution >= 4 is 15.9 Å². The quantitative estimate of drug-likeness (QED) is 0.309. The van der Waals surface area contributed by atoms with E-state index in [0.717, 1.165) is 23.6 Å². The van der Waals surface area contributed by atoms with Gasteiger partial charge in [-0.25, -0.2) is 13.9 Å². The molecule has 1 amide bonds. The van der Waals surface area contributed by atoms with Gasteiger partial charge in [-0.1, -0.05) is 70.1 Å². The van der Waals surface area contributed by atoms with Crippen molar-refractivity contribution < 1.29 is 18.4 Å². The average Bonchev–Trinajstić information content (AvgIpc) is 2.62. The molecule has 6 nitrogen and oxygen atoms in total. The summed E-state index contributed by atoms with van der Waals surface area (Å²) < 4.78 is 27.0. The highest BCUT2D eigenvalue weighted by Gasteiger charge is 2.27. The summed E-state index contributed by atoms with van der Waals surface area (Å²) in [6, 6.07) is 6.72. The van der Waals surface area contributed by atoms with Crippen LogP contribution in [0.4, 0.5) is 0 Å². The number of hydrogen-bond acceptors (Lipinski definition) is 4. The fraction of sp³-hybridized carbons (Fsp3) is 0.632. The van der Waals surface area contributed by atoms with Crippen LogP contribution in [0, 0.1) is 6.92 Å². The Morgan fingerprint density at radius 1 is 1.04 bits per heavy atom. The minimum absolute atomic E-state index is 0.199. The van der Waals surface area contributed by atoms with Crippen molar-refractivity contribution in [3.8, 4) is 0 Å². The molecule has 1 rings (SSSR count). The van der Waals surface area contributed by atoms with E-state index >= 15 is 0 Å². The summed E-state index contributed by atoms with van der Waals surface area (Å²) in [6.07, 6.45) is 8.78. The lowest BCUT2D eigenvalue weighted by molar-refractivity contribution is -0.129. The Kier molecular flexibility index (Phi) is 10.5. The van der Waals surface area contributed by atoms with E-state index < -0.39 is 15.9 Å². The largest absolute Gasteiger partial charge is 0.289 e. The summed E-state index contributed by atoms with van der Waals surface area (Å²) in [5.41, 5.74) is 2.16.